The third-order valence-corrected chi connectivity index (χ3v) is 5.34. The molecule has 0 radical (unpaired) electrons. The Balaban J connectivity index is 1.58. The van der Waals surface area contributed by atoms with E-state index in [1.807, 2.05) is 12.1 Å². The van der Waals surface area contributed by atoms with Gasteiger partial charge < -0.3 is 16.0 Å². The van der Waals surface area contributed by atoms with Crippen LogP contribution in [0.2, 0.25) is 10.0 Å². The Hall–Kier alpha value is -3.10. The first-order chi connectivity index (χ1) is 14.5. The fourth-order valence-corrected chi connectivity index (χ4v) is 3.64. The van der Waals surface area contributed by atoms with E-state index in [9.17, 15) is 4.79 Å². The zero-order valence-corrected chi connectivity index (χ0v) is 17.3. The number of anilines is 3. The molecule has 4 heterocycles. The van der Waals surface area contributed by atoms with Crippen molar-refractivity contribution in [2.75, 3.05) is 10.6 Å². The molecule has 1 amide bonds. The van der Waals surface area contributed by atoms with Crippen LogP contribution in [0.25, 0.3) is 11.7 Å². The second-order valence-electron chi connectivity index (χ2n) is 7.26. The second kappa shape index (κ2) is 7.30. The molecule has 30 heavy (non-hydrogen) atoms. The van der Waals surface area contributed by atoms with Crippen LogP contribution in [-0.2, 0) is 4.79 Å². The van der Waals surface area contributed by atoms with Gasteiger partial charge >= 0.3 is 0 Å². The number of hydrogen-bond donors (Lipinski definition) is 3. The molecule has 0 bridgehead atoms. The van der Waals surface area contributed by atoms with Crippen LogP contribution in [0.3, 0.4) is 0 Å². The first-order valence-corrected chi connectivity index (χ1v) is 10.1. The Kier molecular flexibility index (Phi) is 4.60. The number of hydrogen-bond acceptors (Lipinski definition) is 6. The molecule has 3 N–H and O–H groups in total. The lowest BCUT2D eigenvalue weighted by Crippen LogP contribution is -2.10. The van der Waals surface area contributed by atoms with Gasteiger partial charge in [-0.3, -0.25) is 4.79 Å². The topological polar surface area (TPSA) is 96.2 Å². The minimum absolute atomic E-state index is 0.0717. The highest BCUT2D eigenvalue weighted by molar-refractivity contribution is 6.36. The highest BCUT2D eigenvalue weighted by Crippen LogP contribution is 2.31. The third-order valence-electron chi connectivity index (χ3n) is 4.84. The molecule has 10 heteroatoms. The maximum atomic E-state index is 11.7. The molecule has 3 aromatic heterocycles. The van der Waals surface area contributed by atoms with Gasteiger partial charge in [-0.05, 0) is 30.6 Å². The number of carbonyl (C=O) groups excluding carboxylic acids is 1. The van der Waals surface area contributed by atoms with Gasteiger partial charge in [0.15, 0.2) is 5.65 Å². The molecule has 1 saturated heterocycles. The first kappa shape index (κ1) is 18.9. The number of allylic oxidation sites excluding steroid dienone is 1. The van der Waals surface area contributed by atoms with Crippen LogP contribution in [0.1, 0.15) is 24.8 Å². The Morgan fingerprint density at radius 3 is 2.80 bits per heavy atom. The van der Waals surface area contributed by atoms with Gasteiger partial charge in [-0.25, -0.2) is 9.97 Å². The highest BCUT2D eigenvalue weighted by atomic mass is 35.5. The largest absolute Gasteiger partial charge is 0.367 e. The molecule has 0 atom stereocenters. The van der Waals surface area contributed by atoms with Gasteiger partial charge in [-0.1, -0.05) is 29.8 Å². The third kappa shape index (κ3) is 3.71. The van der Waals surface area contributed by atoms with Crippen molar-refractivity contribution in [1.29, 1.82) is 0 Å². The number of nitrogens with one attached hydrogen (secondary N) is 3. The average molecular weight is 442 g/mol. The molecule has 0 spiro atoms. The SMILES string of the molecule is C=C1NC(=O)C/C1=C\c1cnn2c(NC3CC3)cc(Nc3ncc(Cl)cc3Cl)nc12. The quantitative estimate of drug-likeness (QED) is 0.549. The molecular formula is C20H17Cl2N7O. The number of aromatic nitrogens is 4. The standard InChI is InChI=1S/C20H17Cl2N7O/c1-10-11(5-18(30)25-10)4-12-8-24-29-17(26-14-2-3-14)7-16(28-20(12)29)27-19-15(22)6-13(21)9-23-19/h4,6-9,14,26H,1-3,5H2,(H,25,30)(H,23,27,28)/b11-4+. The molecule has 3 aromatic rings. The van der Waals surface area contributed by atoms with Crippen molar-refractivity contribution in [2.45, 2.75) is 25.3 Å². The zero-order chi connectivity index (χ0) is 20.8. The summed E-state index contributed by atoms with van der Waals surface area (Å²) in [5.74, 6) is 1.74. The van der Waals surface area contributed by atoms with Crippen LogP contribution >= 0.6 is 23.2 Å². The summed E-state index contributed by atoms with van der Waals surface area (Å²) in [6.07, 6.45) is 7.63. The monoisotopic (exact) mass is 441 g/mol. The Bertz CT molecular complexity index is 1230. The maximum absolute atomic E-state index is 11.7. The summed E-state index contributed by atoms with van der Waals surface area (Å²) < 4.78 is 1.75. The van der Waals surface area contributed by atoms with E-state index in [1.54, 1.807) is 16.8 Å². The Labute approximate surface area is 182 Å². The molecule has 1 saturated carbocycles. The van der Waals surface area contributed by atoms with Gasteiger partial charge in [0.25, 0.3) is 0 Å². The molecule has 0 aromatic carbocycles. The number of halogens is 2. The van der Waals surface area contributed by atoms with Gasteiger partial charge in [0, 0.05) is 29.6 Å². The molecule has 2 fully saturated rings. The summed E-state index contributed by atoms with van der Waals surface area (Å²) in [4.78, 5) is 20.6. The van der Waals surface area contributed by atoms with Crippen LogP contribution < -0.4 is 16.0 Å². The number of amides is 1. The minimum atomic E-state index is -0.0717. The molecule has 8 nitrogen and oxygen atoms in total. The zero-order valence-electron chi connectivity index (χ0n) is 15.7. The Morgan fingerprint density at radius 1 is 1.27 bits per heavy atom. The average Bonchev–Trinajstić information content (AvgIpc) is 3.33. The number of nitrogens with zero attached hydrogens (tertiary/aromatic N) is 4. The summed E-state index contributed by atoms with van der Waals surface area (Å²) in [5, 5.41) is 14.7. The van der Waals surface area contributed by atoms with Crippen LogP contribution in [-0.4, -0.2) is 31.5 Å². The maximum Gasteiger partial charge on any atom is 0.228 e. The predicted octanol–water partition coefficient (Wildman–Crippen LogP) is 4.17. The number of carbonyl (C=O) groups is 1. The fraction of sp³-hybridized carbons (Fsp3) is 0.200. The van der Waals surface area contributed by atoms with Gasteiger partial charge in [0.2, 0.25) is 5.91 Å². The van der Waals surface area contributed by atoms with E-state index in [0.717, 1.165) is 29.8 Å². The van der Waals surface area contributed by atoms with E-state index in [1.165, 1.54) is 6.20 Å². The van der Waals surface area contributed by atoms with Crippen molar-refractivity contribution >= 4 is 58.3 Å². The lowest BCUT2D eigenvalue weighted by atomic mass is 10.1. The summed E-state index contributed by atoms with van der Waals surface area (Å²) in [5.41, 5.74) is 2.82. The van der Waals surface area contributed by atoms with E-state index in [-0.39, 0.29) is 12.3 Å². The summed E-state index contributed by atoms with van der Waals surface area (Å²) in [6.45, 7) is 3.90. The number of fused-ring (bicyclic) bond motifs is 1. The van der Waals surface area contributed by atoms with Crippen LogP contribution in [0.4, 0.5) is 17.5 Å². The van der Waals surface area contributed by atoms with Crippen molar-refractivity contribution in [3.8, 4) is 0 Å². The van der Waals surface area contributed by atoms with Crippen molar-refractivity contribution in [3.63, 3.8) is 0 Å². The minimum Gasteiger partial charge on any atom is -0.367 e. The molecule has 152 valence electrons. The van der Waals surface area contributed by atoms with E-state index in [4.69, 9.17) is 28.2 Å². The molecule has 2 aliphatic rings. The van der Waals surface area contributed by atoms with Crippen molar-refractivity contribution in [2.24, 2.45) is 0 Å². The van der Waals surface area contributed by atoms with E-state index in [2.05, 4.69) is 32.6 Å². The summed E-state index contributed by atoms with van der Waals surface area (Å²) in [6, 6.07) is 3.90. The highest BCUT2D eigenvalue weighted by Gasteiger charge is 2.24. The Morgan fingerprint density at radius 2 is 2.10 bits per heavy atom. The normalized spacial score (nSPS) is 17.6. The van der Waals surface area contributed by atoms with Gasteiger partial charge in [-0.2, -0.15) is 9.61 Å². The van der Waals surface area contributed by atoms with Gasteiger partial charge in [-0.15, -0.1) is 0 Å². The lowest BCUT2D eigenvalue weighted by molar-refractivity contribution is -0.118. The van der Waals surface area contributed by atoms with Gasteiger partial charge in [0.1, 0.15) is 17.5 Å². The molecule has 0 unspecified atom stereocenters. The second-order valence-corrected chi connectivity index (χ2v) is 8.11. The molecule has 5 rings (SSSR count). The summed E-state index contributed by atoms with van der Waals surface area (Å²) >= 11 is 12.2. The first-order valence-electron chi connectivity index (χ1n) is 9.39. The van der Waals surface area contributed by atoms with E-state index < -0.39 is 0 Å². The van der Waals surface area contributed by atoms with Gasteiger partial charge in [0.05, 0.1) is 22.7 Å². The molecule has 1 aliphatic carbocycles. The fourth-order valence-electron chi connectivity index (χ4n) is 3.21. The predicted molar refractivity (Wildman–Crippen MR) is 117 cm³/mol. The van der Waals surface area contributed by atoms with Crippen molar-refractivity contribution < 1.29 is 4.79 Å². The van der Waals surface area contributed by atoms with E-state index >= 15 is 0 Å². The molecular weight excluding hydrogens is 425 g/mol. The van der Waals surface area contributed by atoms with Crippen LogP contribution in [0.15, 0.2) is 42.4 Å². The van der Waals surface area contributed by atoms with Crippen LogP contribution in [0.5, 0.6) is 0 Å². The lowest BCUT2D eigenvalue weighted by Gasteiger charge is -2.12. The van der Waals surface area contributed by atoms with Crippen molar-refractivity contribution in [3.05, 3.63) is 58.0 Å². The smallest absolute Gasteiger partial charge is 0.228 e. The number of pyridine rings is 1. The van der Waals surface area contributed by atoms with Crippen molar-refractivity contribution in [1.82, 2.24) is 24.9 Å². The van der Waals surface area contributed by atoms with Crippen LogP contribution in [0, 0.1) is 0 Å². The summed E-state index contributed by atoms with van der Waals surface area (Å²) in [7, 11) is 0. The van der Waals surface area contributed by atoms with E-state index in [0.29, 0.717) is 39.1 Å². The number of rotatable bonds is 5. The molecule has 1 aliphatic heterocycles.